The van der Waals surface area contributed by atoms with Crippen LogP contribution in [0.15, 0.2) is 23.1 Å². The molecule has 0 radical (unpaired) electrons. The minimum absolute atomic E-state index is 0.189. The lowest BCUT2D eigenvalue weighted by Crippen LogP contribution is -2.25. The van der Waals surface area contributed by atoms with Crippen LogP contribution in [0.2, 0.25) is 25.7 Å². The van der Waals surface area contributed by atoms with E-state index in [1.807, 2.05) is 24.4 Å². The zero-order chi connectivity index (χ0) is 15.6. The molecule has 0 fully saturated rings. The van der Waals surface area contributed by atoms with Gasteiger partial charge in [-0.15, -0.1) is 0 Å². The summed E-state index contributed by atoms with van der Waals surface area (Å²) in [5.74, 6) is 0. The standard InChI is InChI=1S/C15H21N3O2Si/c1-12-9-13-5-6-17(11-20-7-8-21(2,3)4)18(13)15(19)14(12)10-16/h5-6,9H,7-8,11H2,1-4H3. The first-order valence-electron chi connectivity index (χ1n) is 7.03. The third kappa shape index (κ3) is 3.43. The highest BCUT2D eigenvalue weighted by Crippen LogP contribution is 2.10. The minimum Gasteiger partial charge on any atom is -0.360 e. The van der Waals surface area contributed by atoms with Crippen LogP contribution in [0.25, 0.3) is 5.52 Å². The molecule has 112 valence electrons. The van der Waals surface area contributed by atoms with Gasteiger partial charge in [-0.1, -0.05) is 19.6 Å². The Hall–Kier alpha value is -1.84. The Kier molecular flexibility index (Phi) is 4.35. The van der Waals surface area contributed by atoms with Crippen LogP contribution in [0.4, 0.5) is 0 Å². The molecule has 0 spiro atoms. The molecule has 0 bridgehead atoms. The first kappa shape index (κ1) is 15.5. The molecule has 0 atom stereocenters. The quantitative estimate of drug-likeness (QED) is 0.630. The predicted octanol–water partition coefficient (Wildman–Crippen LogP) is 2.59. The van der Waals surface area contributed by atoms with Gasteiger partial charge in [-0.3, -0.25) is 9.48 Å². The van der Waals surface area contributed by atoms with Crippen LogP contribution in [-0.4, -0.2) is 23.9 Å². The van der Waals surface area contributed by atoms with E-state index >= 15 is 0 Å². The van der Waals surface area contributed by atoms with Crippen molar-refractivity contribution in [1.29, 1.82) is 5.26 Å². The maximum absolute atomic E-state index is 12.3. The lowest BCUT2D eigenvalue weighted by Gasteiger charge is -2.16. The molecular formula is C15H21N3O2Si. The molecule has 2 aromatic rings. The highest BCUT2D eigenvalue weighted by atomic mass is 28.3. The molecule has 0 aromatic carbocycles. The Morgan fingerprint density at radius 2 is 2.10 bits per heavy atom. The van der Waals surface area contributed by atoms with Crippen molar-refractivity contribution in [3.05, 3.63) is 39.8 Å². The molecule has 2 heterocycles. The SMILES string of the molecule is Cc1cc2ccn(COCC[Si](C)(C)C)n2c(=O)c1C#N. The predicted molar refractivity (Wildman–Crippen MR) is 85.2 cm³/mol. The Balaban J connectivity index is 2.23. The number of fused-ring (bicyclic) bond motifs is 1. The van der Waals surface area contributed by atoms with Crippen molar-refractivity contribution in [3.63, 3.8) is 0 Å². The first-order valence-corrected chi connectivity index (χ1v) is 10.7. The molecule has 5 nitrogen and oxygen atoms in total. The van der Waals surface area contributed by atoms with Gasteiger partial charge in [0.05, 0.1) is 5.52 Å². The summed E-state index contributed by atoms with van der Waals surface area (Å²) in [7, 11) is -1.11. The van der Waals surface area contributed by atoms with Gasteiger partial charge in [0.15, 0.2) is 0 Å². The van der Waals surface area contributed by atoms with Gasteiger partial charge in [0, 0.05) is 20.9 Å². The van der Waals surface area contributed by atoms with Crippen molar-refractivity contribution in [2.24, 2.45) is 0 Å². The normalized spacial score (nSPS) is 11.8. The summed E-state index contributed by atoms with van der Waals surface area (Å²) in [5, 5.41) is 9.09. The highest BCUT2D eigenvalue weighted by Gasteiger charge is 2.13. The summed E-state index contributed by atoms with van der Waals surface area (Å²) in [5.41, 5.74) is 1.39. The van der Waals surface area contributed by atoms with Crippen LogP contribution in [0.1, 0.15) is 11.1 Å². The van der Waals surface area contributed by atoms with Gasteiger partial charge in [0.25, 0.3) is 5.56 Å². The maximum atomic E-state index is 12.3. The number of pyridine rings is 1. The number of aryl methyl sites for hydroxylation is 1. The monoisotopic (exact) mass is 303 g/mol. The van der Waals surface area contributed by atoms with Crippen LogP contribution in [0.3, 0.4) is 0 Å². The second-order valence-corrected chi connectivity index (χ2v) is 12.1. The molecule has 0 unspecified atom stereocenters. The van der Waals surface area contributed by atoms with Gasteiger partial charge in [-0.25, -0.2) is 4.52 Å². The van der Waals surface area contributed by atoms with E-state index in [0.29, 0.717) is 18.9 Å². The molecule has 21 heavy (non-hydrogen) atoms. The van der Waals surface area contributed by atoms with Crippen molar-refractivity contribution >= 4 is 13.6 Å². The largest absolute Gasteiger partial charge is 0.360 e. The summed E-state index contributed by atoms with van der Waals surface area (Å²) < 4.78 is 8.89. The number of nitrogens with zero attached hydrogens (tertiary/aromatic N) is 3. The molecule has 0 aliphatic carbocycles. The number of hydrogen-bond donors (Lipinski definition) is 0. The fourth-order valence-corrected chi connectivity index (χ4v) is 2.89. The molecule has 0 aliphatic heterocycles. The third-order valence-corrected chi connectivity index (χ3v) is 5.12. The van der Waals surface area contributed by atoms with E-state index in [1.54, 1.807) is 11.6 Å². The van der Waals surface area contributed by atoms with Crippen LogP contribution < -0.4 is 5.56 Å². The molecule has 0 amide bonds. The summed E-state index contributed by atoms with van der Waals surface area (Å²) in [6.45, 7) is 9.69. The number of aromatic nitrogens is 2. The Morgan fingerprint density at radius 3 is 2.71 bits per heavy atom. The molecule has 0 aliphatic rings. The Morgan fingerprint density at radius 1 is 1.38 bits per heavy atom. The summed E-state index contributed by atoms with van der Waals surface area (Å²) in [6, 6.07) is 6.77. The zero-order valence-corrected chi connectivity index (χ0v) is 14.0. The summed E-state index contributed by atoms with van der Waals surface area (Å²) in [6.07, 6.45) is 1.81. The van der Waals surface area contributed by atoms with Crippen molar-refractivity contribution < 1.29 is 4.74 Å². The lowest BCUT2D eigenvalue weighted by molar-refractivity contribution is 0.0752. The molecule has 2 aromatic heterocycles. The number of ether oxygens (including phenoxy) is 1. The average molecular weight is 303 g/mol. The van der Waals surface area contributed by atoms with E-state index in [4.69, 9.17) is 10.00 Å². The van der Waals surface area contributed by atoms with Crippen molar-refractivity contribution in [2.75, 3.05) is 6.61 Å². The van der Waals surface area contributed by atoms with Crippen LogP contribution >= 0.6 is 0 Å². The second kappa shape index (κ2) is 5.88. The molecule has 0 saturated heterocycles. The third-order valence-electron chi connectivity index (χ3n) is 3.42. The van der Waals surface area contributed by atoms with E-state index in [9.17, 15) is 4.79 Å². The van der Waals surface area contributed by atoms with Gasteiger partial charge < -0.3 is 4.74 Å². The molecule has 2 rings (SSSR count). The number of nitriles is 1. The summed E-state index contributed by atoms with van der Waals surface area (Å²) in [4.78, 5) is 12.3. The Labute approximate surface area is 125 Å². The zero-order valence-electron chi connectivity index (χ0n) is 13.0. The van der Waals surface area contributed by atoms with Gasteiger partial charge >= 0.3 is 0 Å². The molecule has 6 heteroatoms. The van der Waals surface area contributed by atoms with Gasteiger partial charge in [-0.05, 0) is 30.7 Å². The second-order valence-electron chi connectivity index (χ2n) is 6.46. The smallest absolute Gasteiger partial charge is 0.288 e. The van der Waals surface area contributed by atoms with Crippen molar-refractivity contribution in [2.45, 2.75) is 39.3 Å². The van der Waals surface area contributed by atoms with E-state index in [-0.39, 0.29) is 11.1 Å². The van der Waals surface area contributed by atoms with Crippen molar-refractivity contribution in [3.8, 4) is 6.07 Å². The van der Waals surface area contributed by atoms with E-state index < -0.39 is 8.07 Å². The van der Waals surface area contributed by atoms with Crippen LogP contribution in [0, 0.1) is 18.3 Å². The lowest BCUT2D eigenvalue weighted by atomic mass is 10.1. The van der Waals surface area contributed by atoms with E-state index in [2.05, 4.69) is 19.6 Å². The average Bonchev–Trinajstić information content (AvgIpc) is 2.77. The molecule has 0 saturated carbocycles. The van der Waals surface area contributed by atoms with Gasteiger partial charge in [0.1, 0.15) is 18.4 Å². The van der Waals surface area contributed by atoms with Gasteiger partial charge in [-0.2, -0.15) is 5.26 Å². The number of rotatable bonds is 5. The highest BCUT2D eigenvalue weighted by molar-refractivity contribution is 6.76. The molecule has 0 N–H and O–H groups in total. The van der Waals surface area contributed by atoms with E-state index in [0.717, 1.165) is 11.6 Å². The number of hydrogen-bond acceptors (Lipinski definition) is 3. The van der Waals surface area contributed by atoms with Gasteiger partial charge in [0.2, 0.25) is 0 Å². The van der Waals surface area contributed by atoms with E-state index in [1.165, 1.54) is 4.52 Å². The van der Waals surface area contributed by atoms with Crippen molar-refractivity contribution in [1.82, 2.24) is 9.20 Å². The fraction of sp³-hybridized carbons (Fsp3) is 0.467. The summed E-state index contributed by atoms with van der Waals surface area (Å²) >= 11 is 0. The maximum Gasteiger partial charge on any atom is 0.288 e. The minimum atomic E-state index is -1.11. The van der Waals surface area contributed by atoms with Crippen LogP contribution in [-0.2, 0) is 11.5 Å². The fourth-order valence-electron chi connectivity index (χ4n) is 2.13. The topological polar surface area (TPSA) is 59.4 Å². The molecular weight excluding hydrogens is 282 g/mol. The first-order chi connectivity index (χ1) is 9.83. The Bertz CT molecular complexity index is 747. The van der Waals surface area contributed by atoms with Crippen LogP contribution in [0.5, 0.6) is 0 Å².